The van der Waals surface area contributed by atoms with Gasteiger partial charge in [-0.1, -0.05) is 54.6 Å². The fourth-order valence-electron chi connectivity index (χ4n) is 3.25. The van der Waals surface area contributed by atoms with E-state index in [0.717, 1.165) is 28.2 Å². The van der Waals surface area contributed by atoms with Gasteiger partial charge in [0.1, 0.15) is 0 Å². The van der Waals surface area contributed by atoms with Crippen molar-refractivity contribution in [2.45, 2.75) is 19.8 Å². The zero-order valence-electron chi connectivity index (χ0n) is 19.0. The number of pyridine rings is 1. The van der Waals surface area contributed by atoms with E-state index in [0.29, 0.717) is 11.3 Å². The highest BCUT2D eigenvalue weighted by atomic mass is 16.5. The van der Waals surface area contributed by atoms with Crippen molar-refractivity contribution in [3.05, 3.63) is 89.8 Å². The van der Waals surface area contributed by atoms with Crippen molar-refractivity contribution in [2.24, 2.45) is 5.73 Å². The number of rotatable bonds is 9. The maximum Gasteiger partial charge on any atom is 0.305 e. The van der Waals surface area contributed by atoms with Crippen LogP contribution in [0.25, 0.3) is 17.0 Å². The van der Waals surface area contributed by atoms with E-state index in [4.69, 9.17) is 5.73 Å². The molecule has 3 aromatic rings. The Balaban J connectivity index is 1.65. The average Bonchev–Trinajstić information content (AvgIpc) is 2.87. The van der Waals surface area contributed by atoms with Crippen molar-refractivity contribution in [3.8, 4) is 11.3 Å². The van der Waals surface area contributed by atoms with Gasteiger partial charge in [0.25, 0.3) is 0 Å². The Labute approximate surface area is 193 Å². The summed E-state index contributed by atoms with van der Waals surface area (Å²) < 4.78 is 4.58. The molecule has 0 aliphatic rings. The number of methoxy groups -OCH3 is 1. The maximum atomic E-state index is 12.2. The van der Waals surface area contributed by atoms with Gasteiger partial charge < -0.3 is 15.9 Å². The number of nitrogens with two attached hydrogens (primary N) is 1. The molecule has 0 unspecified atom stereocenters. The molecular formula is C26H28N4O3. The fourth-order valence-corrected chi connectivity index (χ4v) is 3.25. The first-order chi connectivity index (χ1) is 15.9. The van der Waals surface area contributed by atoms with Crippen LogP contribution in [0.2, 0.25) is 0 Å². The first-order valence-electron chi connectivity index (χ1n) is 10.6. The van der Waals surface area contributed by atoms with Crippen molar-refractivity contribution < 1.29 is 14.3 Å². The number of carbonyl (C=O) groups excluding carboxylic acids is 2. The van der Waals surface area contributed by atoms with Crippen LogP contribution < -0.4 is 16.2 Å². The van der Waals surface area contributed by atoms with E-state index in [1.165, 1.54) is 7.11 Å². The highest BCUT2D eigenvalue weighted by molar-refractivity contribution is 5.97. The van der Waals surface area contributed by atoms with E-state index in [9.17, 15) is 9.59 Å². The number of carbonyl (C=O) groups is 2. The van der Waals surface area contributed by atoms with Gasteiger partial charge >= 0.3 is 5.97 Å². The number of esters is 1. The second-order valence-corrected chi connectivity index (χ2v) is 7.55. The van der Waals surface area contributed by atoms with E-state index in [2.05, 4.69) is 15.1 Å². The number of ether oxygens (including phenoxy) is 1. The predicted octanol–water partition coefficient (Wildman–Crippen LogP) is 4.17. The number of Topliss-reactive ketones (excluding diaryl/α,β-unsaturated/α-hetero) is 1. The second-order valence-electron chi connectivity index (χ2n) is 7.55. The molecule has 0 aliphatic heterocycles. The molecule has 0 saturated carbocycles. The van der Waals surface area contributed by atoms with Crippen molar-refractivity contribution >= 4 is 23.1 Å². The molecule has 170 valence electrons. The Morgan fingerprint density at radius 2 is 1.67 bits per heavy atom. The Morgan fingerprint density at radius 3 is 2.27 bits per heavy atom. The van der Waals surface area contributed by atoms with Gasteiger partial charge in [-0.2, -0.15) is 0 Å². The molecule has 7 heteroatoms. The molecule has 0 amide bonds. The van der Waals surface area contributed by atoms with E-state index < -0.39 is 5.97 Å². The Bertz CT molecular complexity index is 1120. The summed E-state index contributed by atoms with van der Waals surface area (Å²) in [5.41, 5.74) is 15.1. The summed E-state index contributed by atoms with van der Waals surface area (Å²) in [5, 5.41) is 1.85. The summed E-state index contributed by atoms with van der Waals surface area (Å²) in [5.74, 6) is -0.488. The molecule has 1 aromatic heterocycles. The summed E-state index contributed by atoms with van der Waals surface area (Å²) in [6.07, 6.45) is 1.97. The summed E-state index contributed by atoms with van der Waals surface area (Å²) in [7, 11) is 3.21. The molecular weight excluding hydrogens is 416 g/mol. The Morgan fingerprint density at radius 1 is 0.970 bits per heavy atom. The molecule has 0 bridgehead atoms. The van der Waals surface area contributed by atoms with Gasteiger partial charge in [0.15, 0.2) is 5.78 Å². The number of aromatic nitrogens is 1. The highest BCUT2D eigenvalue weighted by Gasteiger charge is 2.11. The van der Waals surface area contributed by atoms with Crippen LogP contribution in [-0.2, 0) is 9.53 Å². The predicted molar refractivity (Wildman–Crippen MR) is 130 cm³/mol. The van der Waals surface area contributed by atoms with Crippen molar-refractivity contribution in [1.82, 2.24) is 10.4 Å². The number of nitrogens with zero attached hydrogens (tertiary/aromatic N) is 2. The lowest BCUT2D eigenvalue weighted by Gasteiger charge is -2.23. The molecule has 0 radical (unpaired) electrons. The summed E-state index contributed by atoms with van der Waals surface area (Å²) in [6, 6.07) is 20.9. The van der Waals surface area contributed by atoms with Crippen LogP contribution in [0.3, 0.4) is 0 Å². The topological polar surface area (TPSA) is 97.6 Å². The SMILES string of the molecule is COC(=O)CCC(=O)c1ccc(-c2ccc(N(C)N/C(C)=C(\N)c3ccccc3)cn2)cc1. The van der Waals surface area contributed by atoms with Crippen LogP contribution in [0.15, 0.2) is 78.6 Å². The number of hydrazine groups is 1. The third-order valence-electron chi connectivity index (χ3n) is 5.25. The number of nitrogens with one attached hydrogen (secondary N) is 1. The van der Waals surface area contributed by atoms with Crippen LogP contribution in [0.4, 0.5) is 5.69 Å². The van der Waals surface area contributed by atoms with E-state index >= 15 is 0 Å². The second kappa shape index (κ2) is 10.9. The third-order valence-corrected chi connectivity index (χ3v) is 5.25. The molecule has 1 heterocycles. The normalized spacial score (nSPS) is 11.4. The molecule has 0 aliphatic carbocycles. The van der Waals surface area contributed by atoms with Crippen LogP contribution in [-0.4, -0.2) is 30.9 Å². The number of hydrogen-bond donors (Lipinski definition) is 2. The first kappa shape index (κ1) is 23.5. The summed E-state index contributed by atoms with van der Waals surface area (Å²) in [6.45, 7) is 1.93. The quantitative estimate of drug-likeness (QED) is 0.290. The van der Waals surface area contributed by atoms with Gasteiger partial charge in [-0.3, -0.25) is 19.6 Å². The van der Waals surface area contributed by atoms with Gasteiger partial charge in [-0.15, -0.1) is 0 Å². The van der Waals surface area contributed by atoms with E-state index in [1.54, 1.807) is 18.3 Å². The molecule has 0 atom stereocenters. The molecule has 7 nitrogen and oxygen atoms in total. The first-order valence-corrected chi connectivity index (χ1v) is 10.6. The van der Waals surface area contributed by atoms with Gasteiger partial charge in [0.05, 0.1) is 42.5 Å². The largest absolute Gasteiger partial charge is 0.469 e. The molecule has 0 fully saturated rings. The van der Waals surface area contributed by atoms with Crippen LogP contribution in [0.5, 0.6) is 0 Å². The Kier molecular flexibility index (Phi) is 7.81. The van der Waals surface area contributed by atoms with E-state index in [-0.39, 0.29) is 18.6 Å². The minimum absolute atomic E-state index is 0.0767. The van der Waals surface area contributed by atoms with Crippen molar-refractivity contribution in [2.75, 3.05) is 19.2 Å². The number of hydrogen-bond acceptors (Lipinski definition) is 7. The monoisotopic (exact) mass is 444 g/mol. The minimum atomic E-state index is -0.392. The summed E-state index contributed by atoms with van der Waals surface area (Å²) >= 11 is 0. The number of anilines is 1. The Hall–Kier alpha value is -4.13. The number of ketones is 1. The zero-order valence-corrected chi connectivity index (χ0v) is 19.0. The lowest BCUT2D eigenvalue weighted by atomic mass is 10.0. The van der Waals surface area contributed by atoms with Gasteiger partial charge in [0.2, 0.25) is 0 Å². The van der Waals surface area contributed by atoms with Crippen molar-refractivity contribution in [1.29, 1.82) is 0 Å². The van der Waals surface area contributed by atoms with Crippen molar-refractivity contribution in [3.63, 3.8) is 0 Å². The number of allylic oxidation sites excluding steroid dienone is 1. The molecule has 0 saturated heterocycles. The maximum absolute atomic E-state index is 12.2. The fraction of sp³-hybridized carbons (Fsp3) is 0.192. The van der Waals surface area contributed by atoms with E-state index in [1.807, 2.05) is 73.6 Å². The summed E-state index contributed by atoms with van der Waals surface area (Å²) in [4.78, 5) is 28.0. The average molecular weight is 445 g/mol. The standard InChI is InChI=1S/C26H28N4O3/c1-18(26(27)21-7-5-4-6-8-21)29-30(2)22-13-14-23(28-17-22)19-9-11-20(12-10-19)24(31)15-16-25(32)33-3/h4-14,17,29H,15-16,27H2,1-3H3/b26-18-. The molecule has 2 aromatic carbocycles. The molecule has 3 rings (SSSR count). The third kappa shape index (κ3) is 6.20. The van der Waals surface area contributed by atoms with Crippen LogP contribution in [0.1, 0.15) is 35.7 Å². The lowest BCUT2D eigenvalue weighted by Crippen LogP contribution is -2.34. The van der Waals surface area contributed by atoms with Crippen LogP contribution in [0, 0.1) is 0 Å². The molecule has 33 heavy (non-hydrogen) atoms. The van der Waals surface area contributed by atoms with Crippen LogP contribution >= 0.6 is 0 Å². The number of benzene rings is 2. The molecule has 0 spiro atoms. The smallest absolute Gasteiger partial charge is 0.305 e. The van der Waals surface area contributed by atoms with Gasteiger partial charge in [-0.25, -0.2) is 0 Å². The lowest BCUT2D eigenvalue weighted by molar-refractivity contribution is -0.140. The minimum Gasteiger partial charge on any atom is -0.469 e. The van der Waals surface area contributed by atoms with Gasteiger partial charge in [0, 0.05) is 24.6 Å². The van der Waals surface area contributed by atoms with Gasteiger partial charge in [-0.05, 0) is 24.6 Å². The highest BCUT2D eigenvalue weighted by Crippen LogP contribution is 2.21. The zero-order chi connectivity index (χ0) is 23.8. The molecule has 3 N–H and O–H groups in total.